The smallest absolute Gasteiger partial charge is 0.744 e. The van der Waals surface area contributed by atoms with Crippen molar-refractivity contribution < 1.29 is 265 Å². The first-order valence-corrected chi connectivity index (χ1v) is 31.9. The summed E-state index contributed by atoms with van der Waals surface area (Å²) in [5.74, 6) is -1.34. The van der Waals surface area contributed by atoms with E-state index in [1.165, 1.54) is 109 Å². The first kappa shape index (κ1) is 87.5. The monoisotopic (exact) mass is 1470 g/mol. The molecule has 30 nitrogen and oxygen atoms in total. The number of benzene rings is 10. The number of nitrogens with two attached hydrogens (primary N) is 2. The fraction of sp³-hybridized carbons (Fsp3) is 0. The Kier molecular flexibility index (Phi) is 33.9. The summed E-state index contributed by atoms with van der Waals surface area (Å²) < 4.78 is 198. The molecule has 0 unspecified atom stereocenters. The van der Waals surface area contributed by atoms with Crippen LogP contribution in [0.1, 0.15) is 11.1 Å². The minimum atomic E-state index is -5.48. The van der Waals surface area contributed by atoms with Gasteiger partial charge in [-0.25, -0.2) is 38.8 Å². The van der Waals surface area contributed by atoms with E-state index >= 15 is 0 Å². The van der Waals surface area contributed by atoms with Gasteiger partial charge < -0.3 is 39.9 Å². The van der Waals surface area contributed by atoms with Crippen molar-refractivity contribution in [3.63, 3.8) is 0 Å². The molecule has 0 bridgehead atoms. The van der Waals surface area contributed by atoms with Crippen LogP contribution in [0, 0.1) is 12.1 Å². The van der Waals surface area contributed by atoms with Gasteiger partial charge in [0.15, 0.2) is 5.75 Å². The standard InChI is InChI=1S/C54H36N10O14S4.6Na.2O3S/c55-41-20-23-43(61-58-34-16-11-30-3-1-5-46(38(30)25-34)79(67,68)69)37-19-22-45(53(65)50(37)41)63-57-33-14-8-29(9-15-33)7-10-32-13-18-36(27-48(32)81(73,74)75)60-64-52-49(82(76,77)78)28-40-44(24-21-42(56)51(40)54(52)66)62-59-35-17-12-31-4-2-6-47(39(31)26-35)80(70,71)72;;;;;;;2*1-4(2)3/h1-8,10-21,23-28,65-66H,55-56H2,(H,67,68,69)(H,70,71,72)(H,73,74,75)(H,76,77,78);;;;;;;;/q-2;6*+1;;/p-4/b10-7+,61-58?,62-59?,63-57?,64-60?;;;;;;;;. The van der Waals surface area contributed by atoms with Gasteiger partial charge in [-0.05, 0) is 95.2 Å². The van der Waals surface area contributed by atoms with Crippen molar-refractivity contribution >= 4 is 174 Å². The summed E-state index contributed by atoms with van der Waals surface area (Å²) in [5.41, 5.74) is 12.0. The van der Waals surface area contributed by atoms with E-state index in [9.17, 15) is 62.1 Å². The average Bonchev–Trinajstić information content (AvgIpc) is 0.765. The molecule has 0 fully saturated rings. The maximum atomic E-state index is 12.7. The van der Waals surface area contributed by atoms with E-state index in [2.05, 4.69) is 53.0 Å². The number of anilines is 2. The van der Waals surface area contributed by atoms with Gasteiger partial charge in [-0.3, -0.25) is 0 Å². The fourth-order valence-corrected chi connectivity index (χ4v) is 11.3. The topological polar surface area (TPSA) is 523 Å². The minimum Gasteiger partial charge on any atom is -0.744 e. The molecule has 10 rings (SSSR count). The van der Waals surface area contributed by atoms with Crippen LogP contribution < -0.4 is 189 Å². The van der Waals surface area contributed by atoms with Gasteiger partial charge in [0.2, 0.25) is 0 Å². The SMILES string of the molecule is Nc1ccc(N=Nc2ccc3cccc(S(=O)(=O)[O-])c3c2)c2c[c-]c(N=Nc3c[c-]c(/C=C/c4ccc(N=Nc5c(S(=O)(=O)[O-])cc6c(N=Nc7ccc8cccc(S(=O)(=O)[O-])c8c7)ccc(N)c6c5O)cc4S(=O)(=O)[O-])cc3)c(O)c12.O=S(=O)=O.O=S(=O)=O.[Na+].[Na+].[Na+].[Na+].[Na+].[Na+]. The van der Waals surface area contributed by atoms with Gasteiger partial charge in [-0.15, -0.1) is 65.8 Å². The number of nitrogen functional groups attached to an aromatic ring is 2. The number of fused-ring (bicyclic) bond motifs is 4. The van der Waals surface area contributed by atoms with Gasteiger partial charge in [0.1, 0.15) is 46.2 Å². The van der Waals surface area contributed by atoms with Crippen LogP contribution in [0.2, 0.25) is 0 Å². The summed E-state index contributed by atoms with van der Waals surface area (Å²) in [7, 11) is -26.6. The van der Waals surface area contributed by atoms with Crippen molar-refractivity contribution in [2.45, 2.75) is 19.6 Å². The number of aromatic hydroxyl groups is 2. The average molecular weight is 1470 g/mol. The first-order chi connectivity index (χ1) is 42.3. The predicted molar refractivity (Wildman–Crippen MR) is 315 cm³/mol. The number of azo groups is 4. The van der Waals surface area contributed by atoms with Crippen LogP contribution in [0.3, 0.4) is 0 Å². The number of phenolic OH excluding ortho intramolecular Hbond substituents is 2. The Hall–Kier alpha value is -4.54. The molecule has 6 N–H and O–H groups in total. The van der Waals surface area contributed by atoms with Crippen molar-refractivity contribution in [1.82, 2.24) is 0 Å². The number of phenols is 2. The molecule has 460 valence electrons. The molecule has 10 aromatic rings. The van der Waals surface area contributed by atoms with Gasteiger partial charge in [0.05, 0.1) is 47.7 Å². The molecule has 0 saturated heterocycles. The van der Waals surface area contributed by atoms with Gasteiger partial charge in [-0.2, -0.15) is 43.3 Å². The van der Waals surface area contributed by atoms with E-state index in [-0.39, 0.29) is 267 Å². The van der Waals surface area contributed by atoms with Gasteiger partial charge >= 0.3 is 199 Å². The Bertz CT molecular complexity index is 5500. The second-order valence-electron chi connectivity index (χ2n) is 18.0. The molecular formula is C54H32N10Na6O20S6. The summed E-state index contributed by atoms with van der Waals surface area (Å²) in [6, 6.07) is 38.5. The Morgan fingerprint density at radius 2 is 0.823 bits per heavy atom. The fourth-order valence-electron chi connectivity index (χ4n) is 8.55. The minimum absolute atomic E-state index is 0. The van der Waals surface area contributed by atoms with Crippen molar-refractivity contribution in [3.8, 4) is 11.5 Å². The van der Waals surface area contributed by atoms with E-state index in [1.807, 2.05) is 0 Å². The molecule has 0 aliphatic rings. The number of rotatable bonds is 14. The molecule has 10 aromatic carbocycles. The number of hydrogen-bond acceptors (Lipinski definition) is 30. The summed E-state index contributed by atoms with van der Waals surface area (Å²) in [4.78, 5) is -2.80. The van der Waals surface area contributed by atoms with Gasteiger partial charge in [0, 0.05) is 50.3 Å². The van der Waals surface area contributed by atoms with Crippen LogP contribution in [0.5, 0.6) is 11.5 Å². The predicted octanol–water partition coefficient (Wildman–Crippen LogP) is -8.06. The summed E-state index contributed by atoms with van der Waals surface area (Å²) in [5, 5.41) is 56.4. The molecule has 0 heterocycles. The Balaban J connectivity index is 0.00000212. The third kappa shape index (κ3) is 22.5. The largest absolute Gasteiger partial charge is 1.00 e. The maximum absolute atomic E-state index is 12.7. The number of nitrogens with zero attached hydrogens (tertiary/aromatic N) is 8. The molecule has 42 heteroatoms. The first-order valence-electron chi connectivity index (χ1n) is 24.3. The summed E-state index contributed by atoms with van der Waals surface area (Å²) in [6.07, 6.45) is 2.69. The Morgan fingerprint density at radius 1 is 0.396 bits per heavy atom. The van der Waals surface area contributed by atoms with Crippen molar-refractivity contribution in [3.05, 3.63) is 169 Å². The van der Waals surface area contributed by atoms with Crippen LogP contribution in [-0.2, 0) is 61.7 Å². The van der Waals surface area contributed by atoms with Crippen molar-refractivity contribution in [2.75, 3.05) is 11.5 Å². The zero-order valence-electron chi connectivity index (χ0n) is 50.4. The molecule has 96 heavy (non-hydrogen) atoms. The molecular weight excluding hydrogens is 1440 g/mol. The second-order valence-corrected chi connectivity index (χ2v) is 24.2. The Morgan fingerprint density at radius 3 is 1.29 bits per heavy atom. The maximum Gasteiger partial charge on any atom is 1.00 e. The summed E-state index contributed by atoms with van der Waals surface area (Å²) in [6.45, 7) is 0. The van der Waals surface area contributed by atoms with E-state index in [1.54, 1.807) is 30.3 Å². The molecule has 0 amide bonds. The molecule has 0 radical (unpaired) electrons. The molecule has 0 saturated carbocycles. The van der Waals surface area contributed by atoms with E-state index in [0.717, 1.165) is 18.2 Å². The van der Waals surface area contributed by atoms with Gasteiger partial charge in [0.25, 0.3) is 0 Å². The molecule has 0 spiro atoms. The van der Waals surface area contributed by atoms with Crippen LogP contribution >= 0.6 is 0 Å². The molecule has 0 aliphatic carbocycles. The van der Waals surface area contributed by atoms with Gasteiger partial charge in [-0.1, -0.05) is 59.3 Å². The van der Waals surface area contributed by atoms with Crippen LogP contribution in [0.25, 0.3) is 55.2 Å². The quantitative estimate of drug-likeness (QED) is 0.0196. The van der Waals surface area contributed by atoms with Crippen molar-refractivity contribution in [1.29, 1.82) is 0 Å². The third-order valence-corrected chi connectivity index (χ3v) is 15.9. The molecule has 0 atom stereocenters. The molecule has 0 aliphatic heterocycles. The zero-order chi connectivity index (χ0) is 65.6. The van der Waals surface area contributed by atoms with Crippen LogP contribution in [0.4, 0.5) is 56.9 Å². The van der Waals surface area contributed by atoms with Crippen LogP contribution in [-0.4, -0.2) is 87.3 Å². The van der Waals surface area contributed by atoms with E-state index < -0.39 is 92.7 Å². The third-order valence-electron chi connectivity index (χ3n) is 12.4. The number of hydrogen-bond donors (Lipinski definition) is 4. The van der Waals surface area contributed by atoms with E-state index in [4.69, 9.17) is 36.7 Å². The zero-order valence-corrected chi connectivity index (χ0v) is 67.3. The normalized spacial score (nSPS) is 11.6. The molecule has 0 aromatic heterocycles. The second kappa shape index (κ2) is 37.2. The Labute approximate surface area is 680 Å². The summed E-state index contributed by atoms with van der Waals surface area (Å²) >= 11 is 0. The van der Waals surface area contributed by atoms with Crippen LogP contribution in [0.15, 0.2) is 206 Å². The van der Waals surface area contributed by atoms with E-state index in [0.29, 0.717) is 21.7 Å². The van der Waals surface area contributed by atoms with Crippen molar-refractivity contribution in [2.24, 2.45) is 40.9 Å².